The molecular weight excluding hydrogens is 373 g/mol. The molecular formula is C20H26BN3O3S. The van der Waals surface area contributed by atoms with Gasteiger partial charge in [-0.25, -0.2) is 4.98 Å². The summed E-state index contributed by atoms with van der Waals surface area (Å²) in [5, 5.41) is 5.34. The van der Waals surface area contributed by atoms with Gasteiger partial charge in [-0.1, -0.05) is 30.3 Å². The zero-order valence-electron chi connectivity index (χ0n) is 16.9. The number of nitrogens with one attached hydrogen (secondary N) is 1. The van der Waals surface area contributed by atoms with E-state index in [-0.39, 0.29) is 5.91 Å². The molecule has 0 atom stereocenters. The third-order valence-corrected chi connectivity index (χ3v) is 5.85. The van der Waals surface area contributed by atoms with E-state index in [1.807, 2.05) is 63.4 Å². The zero-order valence-corrected chi connectivity index (χ0v) is 17.7. The topological polar surface area (TPSA) is 86.5 Å². The van der Waals surface area contributed by atoms with E-state index in [0.29, 0.717) is 11.7 Å². The number of carbonyl (C=O) groups excluding carboxylic acids is 1. The maximum absolute atomic E-state index is 11.4. The number of rotatable bonds is 5. The maximum Gasteiger partial charge on any atom is 0.492 e. The van der Waals surface area contributed by atoms with E-state index in [9.17, 15) is 4.79 Å². The van der Waals surface area contributed by atoms with Crippen molar-refractivity contribution >= 4 is 35.6 Å². The molecule has 0 bridgehead atoms. The maximum atomic E-state index is 11.4. The van der Waals surface area contributed by atoms with Gasteiger partial charge in [0.2, 0.25) is 5.91 Å². The Labute approximate surface area is 170 Å². The molecule has 1 amide bonds. The van der Waals surface area contributed by atoms with Crippen LogP contribution in [0.4, 0.5) is 5.13 Å². The summed E-state index contributed by atoms with van der Waals surface area (Å²) in [5.74, 6) is -0.0983. The molecule has 8 heteroatoms. The molecule has 1 saturated heterocycles. The van der Waals surface area contributed by atoms with E-state index in [0.717, 1.165) is 22.3 Å². The first kappa shape index (κ1) is 20.6. The molecule has 1 fully saturated rings. The standard InChI is InChI=1S/C20H26BN3O3S/c1-13(25)23-11-16(21-26-19(2,3)20(4,5)27-21)10-14-6-8-15(9-7-14)17-12-28-18(22)24-17/h6-10,12H,11H2,1-5H3,(H2,22,24)(H,23,25). The Bertz CT molecular complexity index is 874. The second kappa shape index (κ2) is 7.70. The van der Waals surface area contributed by atoms with Crippen LogP contribution in [0.3, 0.4) is 0 Å². The van der Waals surface area contributed by atoms with Gasteiger partial charge >= 0.3 is 7.12 Å². The summed E-state index contributed by atoms with van der Waals surface area (Å²) < 4.78 is 12.3. The van der Waals surface area contributed by atoms with E-state index >= 15 is 0 Å². The molecule has 0 radical (unpaired) electrons. The highest BCUT2D eigenvalue weighted by atomic mass is 32.1. The quantitative estimate of drug-likeness (QED) is 0.751. The largest absolute Gasteiger partial charge is 0.492 e. The molecule has 148 valence electrons. The van der Waals surface area contributed by atoms with Crippen LogP contribution in [-0.2, 0) is 14.1 Å². The van der Waals surface area contributed by atoms with Gasteiger partial charge in [0.1, 0.15) is 0 Å². The van der Waals surface area contributed by atoms with E-state index in [1.54, 1.807) is 0 Å². The van der Waals surface area contributed by atoms with Crippen LogP contribution < -0.4 is 11.1 Å². The Morgan fingerprint density at radius 2 is 1.82 bits per heavy atom. The summed E-state index contributed by atoms with van der Waals surface area (Å²) >= 11 is 1.42. The summed E-state index contributed by atoms with van der Waals surface area (Å²) in [6, 6.07) is 8.01. The van der Waals surface area contributed by atoms with Crippen molar-refractivity contribution in [2.24, 2.45) is 0 Å². The van der Waals surface area contributed by atoms with Gasteiger partial charge in [-0.15, -0.1) is 11.3 Å². The first-order chi connectivity index (χ1) is 13.1. The Morgan fingerprint density at radius 3 is 2.32 bits per heavy atom. The summed E-state index contributed by atoms with van der Waals surface area (Å²) in [6.45, 7) is 9.90. The molecule has 2 aromatic rings. The monoisotopic (exact) mass is 399 g/mol. The fourth-order valence-corrected chi connectivity index (χ4v) is 3.38. The van der Waals surface area contributed by atoms with Crippen LogP contribution in [0.15, 0.2) is 35.1 Å². The van der Waals surface area contributed by atoms with Crippen LogP contribution in [-0.4, -0.2) is 35.8 Å². The smallest absolute Gasteiger partial charge is 0.400 e. The first-order valence-corrected chi connectivity index (χ1v) is 10.1. The highest BCUT2D eigenvalue weighted by Gasteiger charge is 2.52. The van der Waals surface area contributed by atoms with E-state index < -0.39 is 18.3 Å². The number of nitrogen functional groups attached to an aromatic ring is 1. The number of anilines is 1. The number of nitrogens with zero attached hydrogens (tertiary/aromatic N) is 1. The fraction of sp³-hybridized carbons (Fsp3) is 0.400. The molecule has 28 heavy (non-hydrogen) atoms. The van der Waals surface area contributed by atoms with Crippen molar-refractivity contribution in [3.8, 4) is 11.3 Å². The molecule has 1 aromatic carbocycles. The summed E-state index contributed by atoms with van der Waals surface area (Å²) in [6.07, 6.45) is 2.00. The van der Waals surface area contributed by atoms with Gasteiger partial charge in [0.15, 0.2) is 5.13 Å². The van der Waals surface area contributed by atoms with Gasteiger partial charge in [-0.3, -0.25) is 4.79 Å². The zero-order chi connectivity index (χ0) is 20.5. The number of benzene rings is 1. The van der Waals surface area contributed by atoms with E-state index in [4.69, 9.17) is 15.0 Å². The van der Waals surface area contributed by atoms with Crippen LogP contribution in [0.5, 0.6) is 0 Å². The van der Waals surface area contributed by atoms with Crippen LogP contribution >= 0.6 is 11.3 Å². The second-order valence-electron chi connectivity index (χ2n) is 7.91. The summed E-state index contributed by atoms with van der Waals surface area (Å²) in [7, 11) is -0.519. The Hall–Kier alpha value is -2.16. The summed E-state index contributed by atoms with van der Waals surface area (Å²) in [4.78, 5) is 15.7. The minimum absolute atomic E-state index is 0.0983. The van der Waals surface area contributed by atoms with Gasteiger partial charge < -0.3 is 20.4 Å². The molecule has 3 N–H and O–H groups in total. The number of hydrogen-bond acceptors (Lipinski definition) is 6. The number of carbonyl (C=O) groups is 1. The highest BCUT2D eigenvalue weighted by Crippen LogP contribution is 2.38. The van der Waals surface area contributed by atoms with Crippen molar-refractivity contribution in [3.05, 3.63) is 40.7 Å². The van der Waals surface area contributed by atoms with Crippen LogP contribution in [0.25, 0.3) is 17.3 Å². The SMILES string of the molecule is CC(=O)NCC(=Cc1ccc(-c2csc(N)n2)cc1)B1OC(C)(C)C(C)(C)O1. The van der Waals surface area contributed by atoms with Crippen molar-refractivity contribution in [1.82, 2.24) is 10.3 Å². The van der Waals surface area contributed by atoms with Crippen LogP contribution in [0.1, 0.15) is 40.2 Å². The average molecular weight is 399 g/mol. The first-order valence-electron chi connectivity index (χ1n) is 9.19. The lowest BCUT2D eigenvalue weighted by molar-refractivity contribution is -0.118. The molecule has 1 aliphatic heterocycles. The van der Waals surface area contributed by atoms with Gasteiger partial charge in [0, 0.05) is 24.4 Å². The van der Waals surface area contributed by atoms with Crippen molar-refractivity contribution < 1.29 is 14.1 Å². The molecule has 1 aliphatic rings. The second-order valence-corrected chi connectivity index (χ2v) is 8.80. The van der Waals surface area contributed by atoms with Gasteiger partial charge in [-0.2, -0.15) is 0 Å². The van der Waals surface area contributed by atoms with E-state index in [2.05, 4.69) is 10.3 Å². The predicted octanol–water partition coefficient (Wildman–Crippen LogP) is 3.54. The Morgan fingerprint density at radius 1 is 1.21 bits per heavy atom. The fourth-order valence-electron chi connectivity index (χ4n) is 2.81. The molecule has 2 heterocycles. The van der Waals surface area contributed by atoms with Gasteiger partial charge in [0.25, 0.3) is 0 Å². The molecule has 3 rings (SSSR count). The van der Waals surface area contributed by atoms with Gasteiger partial charge in [0.05, 0.1) is 16.9 Å². The molecule has 0 aliphatic carbocycles. The van der Waals surface area contributed by atoms with Crippen LogP contribution in [0, 0.1) is 0 Å². The normalized spacial score (nSPS) is 18.3. The predicted molar refractivity (Wildman–Crippen MR) is 115 cm³/mol. The lowest BCUT2D eigenvalue weighted by atomic mass is 9.77. The van der Waals surface area contributed by atoms with Gasteiger partial charge in [-0.05, 0) is 38.7 Å². The highest BCUT2D eigenvalue weighted by molar-refractivity contribution is 7.13. The molecule has 0 spiro atoms. The minimum Gasteiger partial charge on any atom is -0.400 e. The lowest BCUT2D eigenvalue weighted by Gasteiger charge is -2.32. The average Bonchev–Trinajstić information content (AvgIpc) is 3.12. The third kappa shape index (κ3) is 4.46. The van der Waals surface area contributed by atoms with Crippen LogP contribution in [0.2, 0.25) is 0 Å². The third-order valence-electron chi connectivity index (χ3n) is 5.18. The number of hydrogen-bond donors (Lipinski definition) is 2. The summed E-state index contributed by atoms with van der Waals surface area (Å²) in [5.41, 5.74) is 8.55. The van der Waals surface area contributed by atoms with Crippen molar-refractivity contribution in [2.75, 3.05) is 12.3 Å². The molecule has 6 nitrogen and oxygen atoms in total. The molecule has 0 unspecified atom stereocenters. The van der Waals surface area contributed by atoms with E-state index in [1.165, 1.54) is 18.3 Å². The Balaban J connectivity index is 1.85. The number of nitrogens with two attached hydrogens (primary N) is 1. The number of thiazole rings is 1. The molecule has 1 aromatic heterocycles. The Kier molecular flexibility index (Phi) is 5.65. The van der Waals surface area contributed by atoms with Crippen molar-refractivity contribution in [2.45, 2.75) is 45.8 Å². The van der Waals surface area contributed by atoms with Crippen molar-refractivity contribution in [1.29, 1.82) is 0 Å². The minimum atomic E-state index is -0.519. The number of amides is 1. The lowest BCUT2D eigenvalue weighted by Crippen LogP contribution is -2.41. The molecule has 0 saturated carbocycles. The number of aromatic nitrogens is 1. The van der Waals surface area contributed by atoms with Crippen molar-refractivity contribution in [3.63, 3.8) is 0 Å².